The third-order valence-corrected chi connectivity index (χ3v) is 2.83. The number of carboxylic acid groups (broad SMARTS) is 1. The third-order valence-electron chi connectivity index (χ3n) is 2.83. The van der Waals surface area contributed by atoms with E-state index >= 15 is 0 Å². The molecule has 0 unspecified atom stereocenters. The van der Waals surface area contributed by atoms with E-state index in [2.05, 4.69) is 0 Å². The van der Waals surface area contributed by atoms with E-state index in [-0.39, 0.29) is 18.4 Å². The highest BCUT2D eigenvalue weighted by atomic mass is 16.4. The lowest BCUT2D eigenvalue weighted by Gasteiger charge is -2.22. The Bertz CT molecular complexity index is 403. The van der Waals surface area contributed by atoms with Crippen molar-refractivity contribution in [2.24, 2.45) is 5.92 Å². The smallest absolute Gasteiger partial charge is 0.323 e. The monoisotopic (exact) mass is 249 g/mol. The molecule has 4 nitrogen and oxygen atoms in total. The van der Waals surface area contributed by atoms with Crippen molar-refractivity contribution in [3.63, 3.8) is 0 Å². The minimum Gasteiger partial charge on any atom is -0.480 e. The zero-order valence-electron chi connectivity index (χ0n) is 10.8. The van der Waals surface area contributed by atoms with E-state index < -0.39 is 5.97 Å². The van der Waals surface area contributed by atoms with Crippen LogP contribution in [0.3, 0.4) is 0 Å². The van der Waals surface area contributed by atoms with E-state index in [1.165, 1.54) is 4.90 Å². The van der Waals surface area contributed by atoms with Crippen LogP contribution in [-0.4, -0.2) is 35.0 Å². The number of aliphatic carboxylic acids is 1. The molecule has 0 saturated heterocycles. The van der Waals surface area contributed by atoms with Crippen molar-refractivity contribution in [2.45, 2.75) is 20.3 Å². The summed E-state index contributed by atoms with van der Waals surface area (Å²) in [5, 5.41) is 8.74. The van der Waals surface area contributed by atoms with Crippen molar-refractivity contribution in [3.8, 4) is 0 Å². The molecule has 1 N–H and O–H groups in total. The molecule has 0 aliphatic carbocycles. The van der Waals surface area contributed by atoms with E-state index in [0.29, 0.717) is 13.0 Å². The maximum Gasteiger partial charge on any atom is 0.323 e. The van der Waals surface area contributed by atoms with Gasteiger partial charge in [0.2, 0.25) is 5.91 Å². The summed E-state index contributed by atoms with van der Waals surface area (Å²) in [6, 6.07) is 9.73. The molecular weight excluding hydrogens is 230 g/mol. The molecule has 1 atom stereocenters. The van der Waals surface area contributed by atoms with Crippen molar-refractivity contribution in [1.82, 2.24) is 4.90 Å². The lowest BCUT2D eigenvalue weighted by atomic mass is 10.00. The number of benzene rings is 1. The normalized spacial score (nSPS) is 11.9. The lowest BCUT2D eigenvalue weighted by Crippen LogP contribution is -2.39. The quantitative estimate of drug-likeness (QED) is 0.836. The van der Waals surface area contributed by atoms with Gasteiger partial charge in [0.05, 0.1) is 0 Å². The third kappa shape index (κ3) is 4.20. The first-order chi connectivity index (χ1) is 8.54. The highest BCUT2D eigenvalue weighted by molar-refractivity contribution is 5.83. The van der Waals surface area contributed by atoms with Gasteiger partial charge in [-0.2, -0.15) is 0 Å². The van der Waals surface area contributed by atoms with E-state index in [1.807, 2.05) is 37.3 Å². The van der Waals surface area contributed by atoms with Gasteiger partial charge >= 0.3 is 5.97 Å². The van der Waals surface area contributed by atoms with Gasteiger partial charge in [-0.1, -0.05) is 37.3 Å². The van der Waals surface area contributed by atoms with E-state index in [4.69, 9.17) is 5.11 Å². The van der Waals surface area contributed by atoms with Crippen molar-refractivity contribution >= 4 is 11.9 Å². The second-order valence-corrected chi connectivity index (χ2v) is 4.34. The van der Waals surface area contributed by atoms with Crippen molar-refractivity contribution in [2.75, 3.05) is 13.1 Å². The van der Waals surface area contributed by atoms with Gasteiger partial charge in [-0.25, -0.2) is 0 Å². The van der Waals surface area contributed by atoms with Crippen molar-refractivity contribution < 1.29 is 14.7 Å². The first kappa shape index (κ1) is 14.2. The number of hydrogen-bond donors (Lipinski definition) is 1. The number of carboxylic acids is 1. The fourth-order valence-electron chi connectivity index (χ4n) is 1.88. The minimum absolute atomic E-state index is 0.108. The summed E-state index contributed by atoms with van der Waals surface area (Å²) in [4.78, 5) is 24.1. The Morgan fingerprint density at radius 1 is 1.28 bits per heavy atom. The number of hydrogen-bond acceptors (Lipinski definition) is 2. The SMILES string of the molecule is CCN(CC(=O)O)C(=O)[C@H](C)Cc1ccccc1. The van der Waals surface area contributed by atoms with Gasteiger partial charge in [-0.05, 0) is 18.9 Å². The molecule has 0 aliphatic heterocycles. The van der Waals surface area contributed by atoms with Crippen LogP contribution in [0.4, 0.5) is 0 Å². The van der Waals surface area contributed by atoms with E-state index in [1.54, 1.807) is 6.92 Å². The molecule has 0 aliphatic rings. The molecule has 98 valence electrons. The summed E-state index contributed by atoms with van der Waals surface area (Å²) < 4.78 is 0. The molecule has 0 saturated carbocycles. The molecule has 1 amide bonds. The maximum absolute atomic E-state index is 12.1. The Morgan fingerprint density at radius 2 is 1.89 bits per heavy atom. The molecule has 0 fully saturated rings. The van der Waals surface area contributed by atoms with Gasteiger partial charge in [-0.3, -0.25) is 9.59 Å². The predicted molar refractivity (Wildman–Crippen MR) is 69.2 cm³/mol. The highest BCUT2D eigenvalue weighted by Gasteiger charge is 2.21. The summed E-state index contributed by atoms with van der Waals surface area (Å²) >= 11 is 0. The molecule has 1 aromatic rings. The van der Waals surface area contributed by atoms with Crippen LogP contribution in [0, 0.1) is 5.92 Å². The largest absolute Gasteiger partial charge is 0.480 e. The molecule has 1 aromatic carbocycles. The average molecular weight is 249 g/mol. The molecule has 0 heterocycles. The Kier molecular flexibility index (Phi) is 5.36. The molecule has 0 radical (unpaired) electrons. The maximum atomic E-state index is 12.1. The number of carbonyl (C=O) groups is 2. The molecule has 4 heteroatoms. The van der Waals surface area contributed by atoms with Gasteiger partial charge in [0.1, 0.15) is 6.54 Å². The highest BCUT2D eigenvalue weighted by Crippen LogP contribution is 2.11. The Hall–Kier alpha value is -1.84. The second-order valence-electron chi connectivity index (χ2n) is 4.34. The van der Waals surface area contributed by atoms with Crippen LogP contribution in [0.15, 0.2) is 30.3 Å². The predicted octanol–water partition coefficient (Wildman–Crippen LogP) is 1.80. The lowest BCUT2D eigenvalue weighted by molar-refractivity contribution is -0.145. The summed E-state index contributed by atoms with van der Waals surface area (Å²) in [5.74, 6) is -1.28. The van der Waals surface area contributed by atoms with Crippen LogP contribution in [0.1, 0.15) is 19.4 Å². The van der Waals surface area contributed by atoms with Crippen LogP contribution in [-0.2, 0) is 16.0 Å². The van der Waals surface area contributed by atoms with Crippen molar-refractivity contribution in [3.05, 3.63) is 35.9 Å². The number of rotatable bonds is 6. The van der Waals surface area contributed by atoms with E-state index in [0.717, 1.165) is 5.56 Å². The fraction of sp³-hybridized carbons (Fsp3) is 0.429. The second kappa shape index (κ2) is 6.79. The van der Waals surface area contributed by atoms with E-state index in [9.17, 15) is 9.59 Å². The summed E-state index contributed by atoms with van der Waals surface area (Å²) in [6.07, 6.45) is 0.635. The van der Waals surface area contributed by atoms with Crippen LogP contribution >= 0.6 is 0 Å². The van der Waals surface area contributed by atoms with Crippen LogP contribution in [0.25, 0.3) is 0 Å². The summed E-state index contributed by atoms with van der Waals surface area (Å²) in [7, 11) is 0. The van der Waals surface area contributed by atoms with Gasteiger partial charge < -0.3 is 10.0 Å². The zero-order valence-corrected chi connectivity index (χ0v) is 10.8. The van der Waals surface area contributed by atoms with Gasteiger partial charge in [0.15, 0.2) is 0 Å². The summed E-state index contributed by atoms with van der Waals surface area (Å²) in [6.45, 7) is 3.81. The van der Waals surface area contributed by atoms with Crippen LogP contribution in [0.2, 0.25) is 0 Å². The Labute approximate surface area is 107 Å². The Balaban J connectivity index is 2.62. The van der Waals surface area contributed by atoms with Crippen molar-refractivity contribution in [1.29, 1.82) is 0 Å². The zero-order chi connectivity index (χ0) is 13.5. The number of amides is 1. The average Bonchev–Trinajstić information content (AvgIpc) is 2.36. The van der Waals surface area contributed by atoms with Gasteiger partial charge in [-0.15, -0.1) is 0 Å². The van der Waals surface area contributed by atoms with Crippen LogP contribution < -0.4 is 0 Å². The first-order valence-corrected chi connectivity index (χ1v) is 6.09. The standard InChI is InChI=1S/C14H19NO3/c1-3-15(10-13(16)17)14(18)11(2)9-12-7-5-4-6-8-12/h4-8,11H,3,9-10H2,1-2H3,(H,16,17)/t11-/m1/s1. The number of nitrogens with zero attached hydrogens (tertiary/aromatic N) is 1. The molecule has 1 rings (SSSR count). The molecule has 0 spiro atoms. The molecule has 18 heavy (non-hydrogen) atoms. The minimum atomic E-state index is -0.975. The van der Waals surface area contributed by atoms with Crippen LogP contribution in [0.5, 0.6) is 0 Å². The fourth-order valence-corrected chi connectivity index (χ4v) is 1.88. The van der Waals surface area contributed by atoms with Gasteiger partial charge in [0, 0.05) is 12.5 Å². The molecule has 0 aromatic heterocycles. The summed E-state index contributed by atoms with van der Waals surface area (Å²) in [5.41, 5.74) is 1.09. The number of likely N-dealkylation sites (N-methyl/N-ethyl adjacent to an activating group) is 1. The first-order valence-electron chi connectivity index (χ1n) is 6.09. The van der Waals surface area contributed by atoms with Gasteiger partial charge in [0.25, 0.3) is 0 Å². The molecule has 0 bridgehead atoms. The number of carbonyl (C=O) groups excluding carboxylic acids is 1. The molecular formula is C14H19NO3. The Morgan fingerprint density at radius 3 is 2.39 bits per heavy atom. The topological polar surface area (TPSA) is 57.6 Å².